The van der Waals surface area contributed by atoms with Gasteiger partial charge in [-0.2, -0.15) is 5.10 Å². The number of piperidine rings is 1. The van der Waals surface area contributed by atoms with Gasteiger partial charge in [-0.25, -0.2) is 24.6 Å². The van der Waals surface area contributed by atoms with E-state index in [1.165, 1.54) is 25.5 Å². The number of nitrogens with one attached hydrogen (secondary N) is 1. The van der Waals surface area contributed by atoms with E-state index in [1.54, 1.807) is 11.0 Å². The third kappa shape index (κ3) is 4.39. The van der Waals surface area contributed by atoms with Crippen LogP contribution in [0.1, 0.15) is 31.2 Å². The summed E-state index contributed by atoms with van der Waals surface area (Å²) in [6, 6.07) is 5.90. The van der Waals surface area contributed by atoms with Crippen LogP contribution in [0.4, 0.5) is 11.6 Å². The number of amides is 1. The van der Waals surface area contributed by atoms with Gasteiger partial charge in [0.15, 0.2) is 5.82 Å². The number of pyridine rings is 1. The molecule has 3 aromatic heterocycles. The first-order valence-electron chi connectivity index (χ1n) is 11.2. The second-order valence-corrected chi connectivity index (χ2v) is 8.23. The van der Waals surface area contributed by atoms with E-state index in [1.807, 2.05) is 18.3 Å². The van der Waals surface area contributed by atoms with Crippen molar-refractivity contribution in [3.8, 4) is 5.82 Å². The molecule has 0 radical (unpaired) electrons. The molecular formula is C22H27N9O. The van der Waals surface area contributed by atoms with Gasteiger partial charge in [0, 0.05) is 56.5 Å². The zero-order valence-electron chi connectivity index (χ0n) is 18.0. The second-order valence-electron chi connectivity index (χ2n) is 8.23. The molecule has 1 N–H and O–H groups in total. The first-order chi connectivity index (χ1) is 15.8. The number of carbonyl (C=O) groups is 1. The highest BCUT2D eigenvalue weighted by atomic mass is 16.1. The number of aromatic nitrogens is 6. The molecule has 10 nitrogen and oxygen atoms in total. The quantitative estimate of drug-likeness (QED) is 0.625. The van der Waals surface area contributed by atoms with Crippen molar-refractivity contribution in [2.24, 2.45) is 5.92 Å². The molecule has 5 rings (SSSR count). The fraction of sp³-hybridized carbons (Fsp3) is 0.455. The van der Waals surface area contributed by atoms with Crippen molar-refractivity contribution in [3.63, 3.8) is 0 Å². The van der Waals surface area contributed by atoms with Gasteiger partial charge in [-0.05, 0) is 31.7 Å². The predicted molar refractivity (Wildman–Crippen MR) is 119 cm³/mol. The lowest BCUT2D eigenvalue weighted by molar-refractivity contribution is -0.125. The zero-order chi connectivity index (χ0) is 21.8. The molecule has 0 spiro atoms. The molecule has 32 heavy (non-hydrogen) atoms. The molecule has 1 amide bonds. The minimum absolute atomic E-state index is 0.00906. The van der Waals surface area contributed by atoms with Gasteiger partial charge >= 0.3 is 0 Å². The van der Waals surface area contributed by atoms with E-state index in [-0.39, 0.29) is 11.8 Å². The van der Waals surface area contributed by atoms with Gasteiger partial charge in [-0.1, -0.05) is 6.07 Å². The Hall–Kier alpha value is -3.56. The van der Waals surface area contributed by atoms with E-state index in [0.29, 0.717) is 12.4 Å². The summed E-state index contributed by atoms with van der Waals surface area (Å²) in [6.45, 7) is 4.15. The van der Waals surface area contributed by atoms with Crippen LogP contribution in [0, 0.1) is 5.92 Å². The van der Waals surface area contributed by atoms with Crippen LogP contribution < -0.4 is 15.1 Å². The van der Waals surface area contributed by atoms with Gasteiger partial charge in [-0.15, -0.1) is 0 Å². The zero-order valence-corrected chi connectivity index (χ0v) is 18.0. The second kappa shape index (κ2) is 9.29. The number of rotatable bonds is 6. The lowest BCUT2D eigenvalue weighted by Crippen LogP contribution is -2.40. The highest BCUT2D eigenvalue weighted by molar-refractivity contribution is 5.79. The van der Waals surface area contributed by atoms with Crippen LogP contribution in [0.2, 0.25) is 0 Å². The third-order valence-corrected chi connectivity index (χ3v) is 6.21. The Morgan fingerprint density at radius 3 is 2.59 bits per heavy atom. The van der Waals surface area contributed by atoms with Crippen molar-refractivity contribution in [2.75, 3.05) is 36.0 Å². The van der Waals surface area contributed by atoms with Crippen LogP contribution in [0.15, 0.2) is 43.4 Å². The number of nitrogens with zero attached hydrogens (tertiary/aromatic N) is 8. The average Bonchev–Trinajstić information content (AvgIpc) is 3.58. The van der Waals surface area contributed by atoms with Crippen molar-refractivity contribution in [1.29, 1.82) is 0 Å². The Balaban J connectivity index is 1.16. The molecule has 10 heteroatoms. The van der Waals surface area contributed by atoms with Gasteiger partial charge in [0.2, 0.25) is 5.91 Å². The van der Waals surface area contributed by atoms with Crippen LogP contribution >= 0.6 is 0 Å². The fourth-order valence-electron chi connectivity index (χ4n) is 4.44. The maximum Gasteiger partial charge on any atom is 0.223 e. The Kier molecular flexibility index (Phi) is 5.91. The third-order valence-electron chi connectivity index (χ3n) is 6.21. The van der Waals surface area contributed by atoms with Gasteiger partial charge in [0.25, 0.3) is 0 Å². The number of carbonyl (C=O) groups excluding carboxylic acids is 1. The van der Waals surface area contributed by atoms with Crippen LogP contribution in [0.25, 0.3) is 5.82 Å². The van der Waals surface area contributed by atoms with E-state index in [2.05, 4.69) is 46.2 Å². The first-order valence-corrected chi connectivity index (χ1v) is 11.2. The molecule has 2 aliphatic heterocycles. The summed E-state index contributed by atoms with van der Waals surface area (Å²) in [5, 5.41) is 7.27. The first kappa shape index (κ1) is 20.3. The molecular weight excluding hydrogens is 406 g/mol. The van der Waals surface area contributed by atoms with E-state index < -0.39 is 0 Å². The summed E-state index contributed by atoms with van der Waals surface area (Å²) in [4.78, 5) is 34.6. The normalized spacial score (nSPS) is 17.0. The SMILES string of the molecule is O=C(NCc1cccnc1N1CCCC1)C1CCN(c2cc(-n3cncn3)ncn2)CC1. The van der Waals surface area contributed by atoms with Gasteiger partial charge in [0.1, 0.15) is 30.6 Å². The lowest BCUT2D eigenvalue weighted by Gasteiger charge is -2.32. The van der Waals surface area contributed by atoms with Crippen molar-refractivity contribution in [2.45, 2.75) is 32.2 Å². The van der Waals surface area contributed by atoms with Gasteiger partial charge in [0.05, 0.1) is 0 Å². The Morgan fingerprint density at radius 1 is 1.00 bits per heavy atom. The number of hydrogen-bond acceptors (Lipinski definition) is 8. The van der Waals surface area contributed by atoms with E-state index >= 15 is 0 Å². The summed E-state index contributed by atoms with van der Waals surface area (Å²) >= 11 is 0. The van der Waals surface area contributed by atoms with Gasteiger partial charge in [-0.3, -0.25) is 4.79 Å². The van der Waals surface area contributed by atoms with Crippen LogP contribution in [-0.4, -0.2) is 61.8 Å². The Bertz CT molecular complexity index is 1040. The van der Waals surface area contributed by atoms with E-state index in [0.717, 1.165) is 56.2 Å². The van der Waals surface area contributed by atoms with E-state index in [9.17, 15) is 4.79 Å². The van der Waals surface area contributed by atoms with Crippen LogP contribution in [-0.2, 0) is 11.3 Å². The monoisotopic (exact) mass is 433 g/mol. The lowest BCUT2D eigenvalue weighted by atomic mass is 9.96. The summed E-state index contributed by atoms with van der Waals surface area (Å²) in [5.41, 5.74) is 1.09. The van der Waals surface area contributed by atoms with Crippen LogP contribution in [0.5, 0.6) is 0 Å². The molecule has 5 heterocycles. The van der Waals surface area contributed by atoms with Crippen molar-refractivity contribution in [1.82, 2.24) is 35.0 Å². The Labute approximate surface area is 186 Å². The largest absolute Gasteiger partial charge is 0.356 e. The average molecular weight is 434 g/mol. The molecule has 0 unspecified atom stereocenters. The molecule has 2 saturated heterocycles. The molecule has 0 aromatic carbocycles. The standard InChI is InChI=1S/C22H27N9O/c32-22(25-13-18-4-3-7-24-21(18)30-8-1-2-9-30)17-5-10-29(11-6-17)19-12-20(27-15-26-19)31-16-23-14-28-31/h3-4,7,12,14-17H,1-2,5-6,8-11,13H2,(H,25,32). The topological polar surface area (TPSA) is 105 Å². The highest BCUT2D eigenvalue weighted by Gasteiger charge is 2.26. The minimum Gasteiger partial charge on any atom is -0.356 e. The number of hydrogen-bond donors (Lipinski definition) is 1. The fourth-order valence-corrected chi connectivity index (χ4v) is 4.44. The molecule has 0 aliphatic carbocycles. The van der Waals surface area contributed by atoms with Gasteiger partial charge < -0.3 is 15.1 Å². The molecule has 3 aromatic rings. The summed E-state index contributed by atoms with van der Waals surface area (Å²) in [5.74, 6) is 2.65. The summed E-state index contributed by atoms with van der Waals surface area (Å²) < 4.78 is 1.61. The van der Waals surface area contributed by atoms with Crippen molar-refractivity contribution >= 4 is 17.5 Å². The summed E-state index contributed by atoms with van der Waals surface area (Å²) in [6.07, 6.45) is 10.4. The molecule has 166 valence electrons. The minimum atomic E-state index is 0.00906. The number of anilines is 2. The maximum atomic E-state index is 12.8. The molecule has 2 fully saturated rings. The maximum absolute atomic E-state index is 12.8. The molecule has 2 aliphatic rings. The molecule has 0 saturated carbocycles. The van der Waals surface area contributed by atoms with Crippen LogP contribution in [0.3, 0.4) is 0 Å². The molecule has 0 bridgehead atoms. The predicted octanol–water partition coefficient (Wildman–Crippen LogP) is 1.59. The van der Waals surface area contributed by atoms with E-state index in [4.69, 9.17) is 0 Å². The smallest absolute Gasteiger partial charge is 0.223 e. The van der Waals surface area contributed by atoms with Crippen molar-refractivity contribution < 1.29 is 4.79 Å². The Morgan fingerprint density at radius 2 is 1.81 bits per heavy atom. The summed E-state index contributed by atoms with van der Waals surface area (Å²) in [7, 11) is 0. The molecule has 0 atom stereocenters. The van der Waals surface area contributed by atoms with Crippen molar-refractivity contribution in [3.05, 3.63) is 48.9 Å². The highest BCUT2D eigenvalue weighted by Crippen LogP contribution is 2.24.